The van der Waals surface area contributed by atoms with Gasteiger partial charge in [-0.2, -0.15) is 5.10 Å². The first-order valence-corrected chi connectivity index (χ1v) is 7.56. The largest absolute Gasteiger partial charge is 0.393 e. The maximum atomic E-state index is 9.95. The number of aliphatic hydroxyl groups is 1. The van der Waals surface area contributed by atoms with Crippen LogP contribution in [-0.4, -0.2) is 39.0 Å². The second-order valence-electron chi connectivity index (χ2n) is 6.29. The molecule has 1 aliphatic heterocycles. The Morgan fingerprint density at radius 1 is 1.37 bits per heavy atom. The number of hydrogen-bond donors (Lipinski definition) is 1. The molecule has 19 heavy (non-hydrogen) atoms. The van der Waals surface area contributed by atoms with Crippen molar-refractivity contribution in [3.8, 4) is 0 Å². The van der Waals surface area contributed by atoms with Crippen LogP contribution in [-0.2, 0) is 13.1 Å². The molecule has 2 fully saturated rings. The smallest absolute Gasteiger partial charge is 0.0638 e. The van der Waals surface area contributed by atoms with Gasteiger partial charge in [0.2, 0.25) is 0 Å². The van der Waals surface area contributed by atoms with Crippen LogP contribution in [0.3, 0.4) is 0 Å². The molecule has 0 amide bonds. The second-order valence-corrected chi connectivity index (χ2v) is 6.29. The number of rotatable bonds is 3. The van der Waals surface area contributed by atoms with E-state index in [1.165, 1.54) is 12.0 Å². The zero-order chi connectivity index (χ0) is 13.5. The van der Waals surface area contributed by atoms with Crippen LogP contribution >= 0.6 is 0 Å². The first kappa shape index (κ1) is 13.1. The predicted octanol–water partition coefficient (Wildman–Crippen LogP) is 1.95. The summed E-state index contributed by atoms with van der Waals surface area (Å²) in [6.45, 7) is 8.41. The van der Waals surface area contributed by atoms with Crippen LogP contribution < -0.4 is 0 Å². The highest BCUT2D eigenvalue weighted by atomic mass is 16.3. The molecule has 1 aliphatic carbocycles. The average Bonchev–Trinajstić information content (AvgIpc) is 2.78. The highest BCUT2D eigenvalue weighted by Gasteiger charge is 2.47. The maximum absolute atomic E-state index is 9.95. The van der Waals surface area contributed by atoms with Gasteiger partial charge in [0.25, 0.3) is 0 Å². The van der Waals surface area contributed by atoms with Gasteiger partial charge >= 0.3 is 0 Å². The molecule has 1 spiro atoms. The maximum Gasteiger partial charge on any atom is 0.0638 e. The minimum Gasteiger partial charge on any atom is -0.393 e. The first-order chi connectivity index (χ1) is 9.13. The van der Waals surface area contributed by atoms with Gasteiger partial charge in [-0.3, -0.25) is 9.58 Å². The molecule has 3 rings (SSSR count). The van der Waals surface area contributed by atoms with Crippen LogP contribution in [0.2, 0.25) is 0 Å². The lowest BCUT2D eigenvalue weighted by Crippen LogP contribution is -2.51. The van der Waals surface area contributed by atoms with Crippen LogP contribution in [0.25, 0.3) is 0 Å². The van der Waals surface area contributed by atoms with Crippen LogP contribution in [0.15, 0.2) is 6.20 Å². The third-order valence-corrected chi connectivity index (χ3v) is 5.24. The number of aryl methyl sites for hydroxylation is 2. The lowest BCUT2D eigenvalue weighted by molar-refractivity contribution is -0.100. The number of aliphatic hydroxyl groups excluding tert-OH is 1. The van der Waals surface area contributed by atoms with Gasteiger partial charge in [0.1, 0.15) is 0 Å². The monoisotopic (exact) mass is 263 g/mol. The van der Waals surface area contributed by atoms with Crippen molar-refractivity contribution in [3.63, 3.8) is 0 Å². The predicted molar refractivity (Wildman–Crippen MR) is 74.8 cm³/mol. The lowest BCUT2D eigenvalue weighted by atomic mass is 9.61. The highest BCUT2D eigenvalue weighted by Crippen LogP contribution is 2.49. The van der Waals surface area contributed by atoms with Gasteiger partial charge < -0.3 is 5.11 Å². The fourth-order valence-corrected chi connectivity index (χ4v) is 3.54. The zero-order valence-electron chi connectivity index (χ0n) is 12.1. The Bertz CT molecular complexity index is 446. The van der Waals surface area contributed by atoms with Gasteiger partial charge in [-0.15, -0.1) is 0 Å². The Hall–Kier alpha value is -0.870. The number of likely N-dealkylation sites (tertiary alicyclic amines) is 1. The van der Waals surface area contributed by atoms with E-state index in [2.05, 4.69) is 30.0 Å². The summed E-state index contributed by atoms with van der Waals surface area (Å²) in [6, 6.07) is 0. The van der Waals surface area contributed by atoms with Gasteiger partial charge in [-0.1, -0.05) is 0 Å². The molecule has 1 saturated carbocycles. The van der Waals surface area contributed by atoms with E-state index in [-0.39, 0.29) is 11.5 Å². The fraction of sp³-hybridized carbons (Fsp3) is 0.800. The molecule has 1 atom stereocenters. The van der Waals surface area contributed by atoms with E-state index in [1.54, 1.807) is 0 Å². The van der Waals surface area contributed by atoms with Gasteiger partial charge in [0, 0.05) is 24.8 Å². The molecular weight excluding hydrogens is 238 g/mol. The van der Waals surface area contributed by atoms with E-state index in [4.69, 9.17) is 0 Å². The van der Waals surface area contributed by atoms with Crippen molar-refractivity contribution < 1.29 is 5.11 Å². The summed E-state index contributed by atoms with van der Waals surface area (Å²) in [4.78, 5) is 2.51. The number of piperidine rings is 1. The summed E-state index contributed by atoms with van der Waals surface area (Å²) in [5.41, 5.74) is 2.79. The molecule has 106 valence electrons. The summed E-state index contributed by atoms with van der Waals surface area (Å²) in [7, 11) is 0. The van der Waals surface area contributed by atoms with Gasteiger partial charge in [0.15, 0.2) is 0 Å². The summed E-state index contributed by atoms with van der Waals surface area (Å²) in [5.74, 6) is 0. The molecule has 2 heterocycles. The van der Waals surface area contributed by atoms with E-state index < -0.39 is 0 Å². The molecule has 1 aromatic rings. The van der Waals surface area contributed by atoms with Crippen molar-refractivity contribution in [3.05, 3.63) is 17.5 Å². The molecule has 0 radical (unpaired) electrons. The van der Waals surface area contributed by atoms with Crippen LogP contribution in [0.5, 0.6) is 0 Å². The van der Waals surface area contributed by atoms with Gasteiger partial charge in [-0.25, -0.2) is 0 Å². The Labute approximate surface area is 115 Å². The zero-order valence-corrected chi connectivity index (χ0v) is 12.1. The van der Waals surface area contributed by atoms with Gasteiger partial charge in [-0.05, 0) is 58.0 Å². The number of hydrogen-bond acceptors (Lipinski definition) is 3. The first-order valence-electron chi connectivity index (χ1n) is 7.56. The molecule has 4 heteroatoms. The minimum atomic E-state index is -0.0285. The average molecular weight is 263 g/mol. The Morgan fingerprint density at radius 3 is 2.58 bits per heavy atom. The van der Waals surface area contributed by atoms with Crippen molar-refractivity contribution in [2.24, 2.45) is 5.41 Å². The van der Waals surface area contributed by atoms with Crippen molar-refractivity contribution in [2.75, 3.05) is 13.1 Å². The summed E-state index contributed by atoms with van der Waals surface area (Å²) in [5, 5.41) is 14.5. The van der Waals surface area contributed by atoms with E-state index in [0.29, 0.717) is 0 Å². The topological polar surface area (TPSA) is 41.3 Å². The Balaban J connectivity index is 1.58. The fourth-order valence-electron chi connectivity index (χ4n) is 3.54. The standard InChI is InChI=1S/C15H25N3O/c1-3-18-11-13(12(2)16-18)10-17-8-6-15(7-9-17)5-4-14(15)19/h11,14,19H,3-10H2,1-2H3. The van der Waals surface area contributed by atoms with Crippen molar-refractivity contribution >= 4 is 0 Å². The molecule has 1 N–H and O–H groups in total. The van der Waals surface area contributed by atoms with E-state index >= 15 is 0 Å². The van der Waals surface area contributed by atoms with E-state index in [1.807, 2.05) is 4.68 Å². The molecule has 0 aromatic carbocycles. The molecule has 1 aromatic heterocycles. The molecule has 0 bridgehead atoms. The van der Waals surface area contributed by atoms with Crippen molar-refractivity contribution in [1.29, 1.82) is 0 Å². The SMILES string of the molecule is CCn1cc(CN2CCC3(CCC3O)CC2)c(C)n1. The van der Waals surface area contributed by atoms with Gasteiger partial charge in [0.05, 0.1) is 11.8 Å². The molecule has 4 nitrogen and oxygen atoms in total. The summed E-state index contributed by atoms with van der Waals surface area (Å²) in [6.07, 6.45) is 6.72. The van der Waals surface area contributed by atoms with E-state index in [9.17, 15) is 5.11 Å². The van der Waals surface area contributed by atoms with Crippen molar-refractivity contribution in [2.45, 2.75) is 58.7 Å². The Morgan fingerprint density at radius 2 is 2.11 bits per heavy atom. The molecule has 1 saturated heterocycles. The minimum absolute atomic E-state index is 0.0285. The lowest BCUT2D eigenvalue weighted by Gasteiger charge is -2.51. The molecule has 2 aliphatic rings. The Kier molecular flexibility index (Phi) is 3.39. The molecular formula is C15H25N3O. The molecule has 1 unspecified atom stereocenters. The summed E-state index contributed by atoms with van der Waals surface area (Å²) >= 11 is 0. The highest BCUT2D eigenvalue weighted by molar-refractivity contribution is 5.15. The summed E-state index contributed by atoms with van der Waals surface area (Å²) < 4.78 is 2.02. The van der Waals surface area contributed by atoms with Crippen LogP contribution in [0, 0.1) is 12.3 Å². The third kappa shape index (κ3) is 2.32. The van der Waals surface area contributed by atoms with Crippen LogP contribution in [0.4, 0.5) is 0 Å². The normalized spacial score (nSPS) is 26.6. The van der Waals surface area contributed by atoms with Crippen molar-refractivity contribution in [1.82, 2.24) is 14.7 Å². The third-order valence-electron chi connectivity index (χ3n) is 5.24. The number of nitrogens with zero attached hydrogens (tertiary/aromatic N) is 3. The van der Waals surface area contributed by atoms with E-state index in [0.717, 1.165) is 51.1 Å². The second kappa shape index (κ2) is 4.91. The quantitative estimate of drug-likeness (QED) is 0.906. The van der Waals surface area contributed by atoms with Crippen LogP contribution in [0.1, 0.15) is 43.9 Å². The number of aromatic nitrogens is 2.